The van der Waals surface area contributed by atoms with Crippen LogP contribution >= 0.6 is 0 Å². The number of carbonyl (C=O) groups is 3. The number of likely N-dealkylation sites (N-methyl/N-ethyl adjacent to an activating group) is 1. The van der Waals surface area contributed by atoms with Gasteiger partial charge in [0.15, 0.2) is 6.10 Å². The van der Waals surface area contributed by atoms with Crippen LogP contribution in [0.3, 0.4) is 0 Å². The van der Waals surface area contributed by atoms with Crippen LogP contribution in [-0.2, 0) is 33.3 Å². The number of rotatable bonds is 48. The van der Waals surface area contributed by atoms with Crippen molar-refractivity contribution in [2.45, 2.75) is 206 Å². The lowest BCUT2D eigenvalue weighted by atomic mass is 10.1. The fourth-order valence-corrected chi connectivity index (χ4v) is 6.84. The SMILES string of the molecule is CC/C=C\C/C=C\C/C=C\C/C=C\C/C=C\C/C=C\C/C=C\C/C=C\CCCCCCCCC(=O)OC(COC(=O)CCCCCCC/C=C\CCCCCC)COC(OCC[N+](C)(C)C)C(=O)O. The molecule has 0 rings (SSSR count). The molecule has 0 aromatic heterocycles. The molecule has 0 fully saturated rings. The second kappa shape index (κ2) is 50.3. The van der Waals surface area contributed by atoms with Crippen molar-refractivity contribution >= 4 is 17.9 Å². The summed E-state index contributed by atoms with van der Waals surface area (Å²) < 4.78 is 22.8. The van der Waals surface area contributed by atoms with Gasteiger partial charge in [0.2, 0.25) is 0 Å². The van der Waals surface area contributed by atoms with Crippen LogP contribution in [0.25, 0.3) is 0 Å². The van der Waals surface area contributed by atoms with E-state index >= 15 is 0 Å². The number of hydrogen-bond donors (Lipinski definition) is 1. The minimum atomic E-state index is -1.52. The molecule has 392 valence electrons. The predicted molar refractivity (Wildman–Crippen MR) is 290 cm³/mol. The van der Waals surface area contributed by atoms with Crippen molar-refractivity contribution in [1.29, 1.82) is 0 Å². The van der Waals surface area contributed by atoms with Gasteiger partial charge in [0.1, 0.15) is 13.2 Å². The van der Waals surface area contributed by atoms with E-state index in [0.717, 1.165) is 128 Å². The molecule has 0 bridgehead atoms. The summed E-state index contributed by atoms with van der Waals surface area (Å²) in [5, 5.41) is 9.67. The van der Waals surface area contributed by atoms with Crippen molar-refractivity contribution in [1.82, 2.24) is 0 Å². The van der Waals surface area contributed by atoms with Crippen LogP contribution < -0.4 is 0 Å². The molecule has 0 aliphatic heterocycles. The number of nitrogens with zero attached hydrogens (tertiary/aromatic N) is 1. The molecule has 0 radical (unpaired) electrons. The Bertz CT molecular complexity index is 1490. The fraction of sp³-hybridized carbons (Fsp3) is 0.650. The van der Waals surface area contributed by atoms with Crippen LogP contribution in [0.4, 0.5) is 0 Å². The van der Waals surface area contributed by atoms with Crippen molar-refractivity contribution in [3.63, 3.8) is 0 Å². The molecule has 0 amide bonds. The Kier molecular flexibility index (Phi) is 47.4. The summed E-state index contributed by atoms with van der Waals surface area (Å²) in [6.07, 6.45) is 65.9. The minimum Gasteiger partial charge on any atom is -0.477 e. The summed E-state index contributed by atoms with van der Waals surface area (Å²) in [6, 6.07) is 0. The highest BCUT2D eigenvalue weighted by Gasteiger charge is 2.25. The van der Waals surface area contributed by atoms with E-state index in [9.17, 15) is 19.5 Å². The molecule has 69 heavy (non-hydrogen) atoms. The molecule has 0 saturated heterocycles. The van der Waals surface area contributed by atoms with E-state index in [2.05, 4.69) is 123 Å². The van der Waals surface area contributed by atoms with E-state index < -0.39 is 24.3 Å². The molecule has 0 heterocycles. The number of quaternary nitrogens is 1. The first-order valence-electron chi connectivity index (χ1n) is 27.1. The first-order chi connectivity index (χ1) is 33.6. The van der Waals surface area contributed by atoms with Gasteiger partial charge in [0.25, 0.3) is 6.29 Å². The van der Waals surface area contributed by atoms with Gasteiger partial charge in [-0.1, -0.05) is 187 Å². The first kappa shape index (κ1) is 65.0. The summed E-state index contributed by atoms with van der Waals surface area (Å²) in [6.45, 7) is 4.69. The van der Waals surface area contributed by atoms with Crippen LogP contribution in [0.1, 0.15) is 194 Å². The third kappa shape index (κ3) is 51.6. The number of unbranched alkanes of at least 4 members (excludes halogenated alkanes) is 15. The largest absolute Gasteiger partial charge is 0.477 e. The zero-order chi connectivity index (χ0) is 50.6. The van der Waals surface area contributed by atoms with E-state index in [1.165, 1.54) is 32.1 Å². The van der Waals surface area contributed by atoms with Crippen molar-refractivity contribution in [3.8, 4) is 0 Å². The van der Waals surface area contributed by atoms with Gasteiger partial charge >= 0.3 is 17.9 Å². The van der Waals surface area contributed by atoms with Gasteiger partial charge < -0.3 is 28.5 Å². The third-order valence-electron chi connectivity index (χ3n) is 11.0. The zero-order valence-corrected chi connectivity index (χ0v) is 44.4. The minimum absolute atomic E-state index is 0.177. The summed E-state index contributed by atoms with van der Waals surface area (Å²) in [4.78, 5) is 37.3. The Morgan fingerprint density at radius 3 is 1.25 bits per heavy atom. The Hall–Kier alpha value is -4.05. The maximum atomic E-state index is 12.8. The normalized spacial score (nSPS) is 13.7. The molecule has 9 heteroatoms. The maximum Gasteiger partial charge on any atom is 0.361 e. The summed E-state index contributed by atoms with van der Waals surface area (Å²) in [7, 11) is 5.94. The Morgan fingerprint density at radius 2 is 0.826 bits per heavy atom. The number of carbonyl (C=O) groups excluding carboxylic acids is 2. The summed E-state index contributed by atoms with van der Waals surface area (Å²) >= 11 is 0. The smallest absolute Gasteiger partial charge is 0.361 e. The Labute approximate surface area is 422 Å². The standard InChI is InChI=1S/C60H99NO8/c1-6-8-10-12-14-16-18-20-21-22-23-24-25-26-27-28-29-30-31-32-33-34-35-36-37-39-41-43-45-47-49-51-58(63)69-56(55-68-60(59(64)65)66-53-52-61(3,4)5)54-67-57(62)50-48-46-44-42-40-38-19-17-15-13-11-9-7-2/h8,10,14,16-17,19-21,23-24,26-27,29-30,32-33,35-36,56,60H,6-7,9,11-13,15,18,22,25,28,31,34,37-55H2,1-5H3/p+1/b10-8-,16-14-,19-17-,21-20-,24-23-,27-26-,30-29-,33-32-,36-35-. The molecule has 0 saturated carbocycles. The average Bonchev–Trinajstić information content (AvgIpc) is 3.31. The van der Waals surface area contributed by atoms with E-state index in [0.29, 0.717) is 17.4 Å². The molecule has 2 unspecified atom stereocenters. The van der Waals surface area contributed by atoms with E-state index in [1.54, 1.807) is 0 Å². The van der Waals surface area contributed by atoms with Gasteiger partial charge in [0, 0.05) is 12.8 Å². The molecule has 0 aliphatic carbocycles. The van der Waals surface area contributed by atoms with Gasteiger partial charge in [-0.15, -0.1) is 0 Å². The lowest BCUT2D eigenvalue weighted by Gasteiger charge is -2.25. The van der Waals surface area contributed by atoms with Gasteiger partial charge in [-0.3, -0.25) is 9.59 Å². The lowest BCUT2D eigenvalue weighted by Crippen LogP contribution is -2.40. The zero-order valence-electron chi connectivity index (χ0n) is 44.4. The average molecular weight is 963 g/mol. The molecule has 0 spiro atoms. The van der Waals surface area contributed by atoms with Crippen molar-refractivity contribution < 1.29 is 42.9 Å². The molecule has 2 atom stereocenters. The number of carboxylic acid groups (broad SMARTS) is 1. The number of ether oxygens (including phenoxy) is 4. The first-order valence-corrected chi connectivity index (χ1v) is 27.1. The highest BCUT2D eigenvalue weighted by atomic mass is 16.7. The molecular formula is C60H100NO8+. The topological polar surface area (TPSA) is 108 Å². The third-order valence-corrected chi connectivity index (χ3v) is 11.0. The number of aliphatic carboxylic acids is 1. The number of esters is 2. The monoisotopic (exact) mass is 963 g/mol. The second-order valence-electron chi connectivity index (χ2n) is 18.8. The van der Waals surface area contributed by atoms with Gasteiger partial charge in [-0.05, 0) is 103 Å². The maximum absolute atomic E-state index is 12.8. The van der Waals surface area contributed by atoms with Gasteiger partial charge in [-0.25, -0.2) is 4.79 Å². The number of allylic oxidation sites excluding steroid dienone is 18. The van der Waals surface area contributed by atoms with Gasteiger partial charge in [0.05, 0.1) is 34.4 Å². The second-order valence-corrected chi connectivity index (χ2v) is 18.8. The number of hydrogen-bond acceptors (Lipinski definition) is 7. The highest BCUT2D eigenvalue weighted by molar-refractivity contribution is 5.71. The molecule has 0 aromatic carbocycles. The molecule has 1 N–H and O–H groups in total. The molecular weight excluding hydrogens is 863 g/mol. The Balaban J connectivity index is 4.31. The summed E-state index contributed by atoms with van der Waals surface area (Å²) in [5.41, 5.74) is 0. The lowest BCUT2D eigenvalue weighted by molar-refractivity contribution is -0.870. The van der Waals surface area contributed by atoms with Crippen LogP contribution in [0.5, 0.6) is 0 Å². The predicted octanol–water partition coefficient (Wildman–Crippen LogP) is 15.6. The summed E-state index contributed by atoms with van der Waals surface area (Å²) in [5.74, 6) is -2.05. The quantitative estimate of drug-likeness (QED) is 0.0211. The Morgan fingerprint density at radius 1 is 0.449 bits per heavy atom. The highest BCUT2D eigenvalue weighted by Crippen LogP contribution is 2.13. The van der Waals surface area contributed by atoms with Crippen LogP contribution in [0.15, 0.2) is 109 Å². The van der Waals surface area contributed by atoms with Crippen LogP contribution in [0, 0.1) is 0 Å². The van der Waals surface area contributed by atoms with Crippen molar-refractivity contribution in [3.05, 3.63) is 109 Å². The number of carboxylic acids is 1. The van der Waals surface area contributed by atoms with Crippen LogP contribution in [0.2, 0.25) is 0 Å². The van der Waals surface area contributed by atoms with E-state index in [-0.39, 0.29) is 38.6 Å². The van der Waals surface area contributed by atoms with Gasteiger partial charge in [-0.2, -0.15) is 0 Å². The van der Waals surface area contributed by atoms with E-state index in [4.69, 9.17) is 18.9 Å². The van der Waals surface area contributed by atoms with Crippen molar-refractivity contribution in [2.24, 2.45) is 0 Å². The van der Waals surface area contributed by atoms with E-state index in [1.807, 2.05) is 21.1 Å². The van der Waals surface area contributed by atoms with Crippen molar-refractivity contribution in [2.75, 3.05) is 47.5 Å². The molecule has 0 aliphatic rings. The van der Waals surface area contributed by atoms with Crippen LogP contribution in [-0.4, -0.2) is 87.4 Å². The fourth-order valence-electron chi connectivity index (χ4n) is 6.84. The molecule has 9 nitrogen and oxygen atoms in total. The molecule has 0 aromatic rings.